The Hall–Kier alpha value is -1.10. The zero-order valence-electron chi connectivity index (χ0n) is 12.7. The van der Waals surface area contributed by atoms with Crippen molar-refractivity contribution in [2.75, 3.05) is 20.1 Å². The highest BCUT2D eigenvalue weighted by Crippen LogP contribution is 2.14. The van der Waals surface area contributed by atoms with Crippen molar-refractivity contribution in [1.29, 1.82) is 0 Å². The van der Waals surface area contributed by atoms with Crippen molar-refractivity contribution < 1.29 is 9.59 Å². The molecule has 0 saturated carbocycles. The molecule has 5 heteroatoms. The molecule has 0 aromatic carbocycles. The molecule has 112 valence electrons. The van der Waals surface area contributed by atoms with Crippen molar-refractivity contribution in [2.45, 2.75) is 52.5 Å². The first-order chi connectivity index (χ1) is 8.96. The highest BCUT2D eigenvalue weighted by atomic mass is 16.2. The van der Waals surface area contributed by atoms with E-state index in [0.717, 1.165) is 19.3 Å². The van der Waals surface area contributed by atoms with Gasteiger partial charge in [-0.2, -0.15) is 0 Å². The van der Waals surface area contributed by atoms with E-state index in [9.17, 15) is 9.59 Å². The van der Waals surface area contributed by atoms with E-state index >= 15 is 0 Å². The molecule has 0 rings (SSSR count). The summed E-state index contributed by atoms with van der Waals surface area (Å²) in [5.41, 5.74) is 5.53. The molecule has 19 heavy (non-hydrogen) atoms. The first-order valence-electron chi connectivity index (χ1n) is 7.20. The number of hydrogen-bond donors (Lipinski definition) is 2. The Morgan fingerprint density at radius 3 is 2.37 bits per heavy atom. The van der Waals surface area contributed by atoms with Crippen LogP contribution >= 0.6 is 0 Å². The van der Waals surface area contributed by atoms with Gasteiger partial charge in [-0.25, -0.2) is 0 Å². The van der Waals surface area contributed by atoms with Crippen molar-refractivity contribution in [3.63, 3.8) is 0 Å². The zero-order valence-corrected chi connectivity index (χ0v) is 12.7. The van der Waals surface area contributed by atoms with Crippen LogP contribution in [-0.2, 0) is 9.59 Å². The second kappa shape index (κ2) is 9.78. The fourth-order valence-electron chi connectivity index (χ4n) is 1.99. The van der Waals surface area contributed by atoms with Crippen LogP contribution < -0.4 is 11.1 Å². The summed E-state index contributed by atoms with van der Waals surface area (Å²) < 4.78 is 0. The summed E-state index contributed by atoms with van der Waals surface area (Å²) >= 11 is 0. The van der Waals surface area contributed by atoms with Gasteiger partial charge < -0.3 is 16.0 Å². The van der Waals surface area contributed by atoms with Crippen LogP contribution in [0.3, 0.4) is 0 Å². The van der Waals surface area contributed by atoms with Gasteiger partial charge in [-0.1, -0.05) is 13.3 Å². The smallest absolute Gasteiger partial charge is 0.244 e. The third kappa shape index (κ3) is 7.15. The lowest BCUT2D eigenvalue weighted by Crippen LogP contribution is -2.45. The van der Waals surface area contributed by atoms with Crippen molar-refractivity contribution in [2.24, 2.45) is 11.7 Å². The van der Waals surface area contributed by atoms with Crippen LogP contribution in [0, 0.1) is 5.92 Å². The van der Waals surface area contributed by atoms with Gasteiger partial charge in [-0.05, 0) is 39.2 Å². The number of amides is 2. The van der Waals surface area contributed by atoms with E-state index in [1.165, 1.54) is 0 Å². The van der Waals surface area contributed by atoms with Gasteiger partial charge in [0.25, 0.3) is 0 Å². The molecule has 2 unspecified atom stereocenters. The van der Waals surface area contributed by atoms with Crippen LogP contribution in [-0.4, -0.2) is 42.9 Å². The molecular weight excluding hydrogens is 242 g/mol. The highest BCUT2D eigenvalue weighted by Gasteiger charge is 2.18. The summed E-state index contributed by atoms with van der Waals surface area (Å²) in [5, 5.41) is 2.76. The molecule has 0 spiro atoms. The summed E-state index contributed by atoms with van der Waals surface area (Å²) in [6.07, 6.45) is 3.30. The Balaban J connectivity index is 4.06. The Kier molecular flexibility index (Phi) is 9.21. The summed E-state index contributed by atoms with van der Waals surface area (Å²) in [6, 6.07) is -0.452. The van der Waals surface area contributed by atoms with Gasteiger partial charge in [0.05, 0.1) is 0 Å². The van der Waals surface area contributed by atoms with Crippen LogP contribution in [0.4, 0.5) is 0 Å². The van der Waals surface area contributed by atoms with E-state index in [1.807, 2.05) is 6.92 Å². The average molecular weight is 271 g/mol. The van der Waals surface area contributed by atoms with E-state index < -0.39 is 6.04 Å². The first-order valence-corrected chi connectivity index (χ1v) is 7.20. The van der Waals surface area contributed by atoms with Crippen LogP contribution in [0.5, 0.6) is 0 Å². The number of nitrogens with zero attached hydrogens (tertiary/aromatic N) is 1. The summed E-state index contributed by atoms with van der Waals surface area (Å²) in [7, 11) is 1.74. The predicted octanol–water partition coefficient (Wildman–Crippen LogP) is 1.12. The van der Waals surface area contributed by atoms with E-state index in [1.54, 1.807) is 18.9 Å². The van der Waals surface area contributed by atoms with Gasteiger partial charge >= 0.3 is 0 Å². The predicted molar refractivity (Wildman–Crippen MR) is 77.6 cm³/mol. The first kappa shape index (κ1) is 17.9. The molecule has 0 heterocycles. The Morgan fingerprint density at radius 2 is 1.89 bits per heavy atom. The third-order valence-corrected chi connectivity index (χ3v) is 3.53. The van der Waals surface area contributed by atoms with Crippen molar-refractivity contribution in [1.82, 2.24) is 10.2 Å². The normalized spacial score (nSPS) is 13.7. The largest absolute Gasteiger partial charge is 0.345 e. The molecular formula is C14H29N3O2. The monoisotopic (exact) mass is 271 g/mol. The maximum atomic E-state index is 11.8. The Bertz CT molecular complexity index is 282. The van der Waals surface area contributed by atoms with E-state index in [2.05, 4.69) is 12.2 Å². The number of carbonyl (C=O) groups excluding carboxylic acids is 2. The van der Waals surface area contributed by atoms with Crippen LogP contribution in [0.1, 0.15) is 46.5 Å². The Labute approximate surface area is 116 Å². The van der Waals surface area contributed by atoms with Gasteiger partial charge in [0.2, 0.25) is 11.8 Å². The zero-order chi connectivity index (χ0) is 14.8. The molecule has 0 aliphatic heterocycles. The SMILES string of the molecule is CCC(CCN)CCC(=O)NC(C)C(=O)N(C)CC. The Morgan fingerprint density at radius 1 is 1.26 bits per heavy atom. The number of carbonyl (C=O) groups is 2. The van der Waals surface area contributed by atoms with Crippen molar-refractivity contribution in [3.05, 3.63) is 0 Å². The number of nitrogens with two attached hydrogens (primary N) is 1. The van der Waals surface area contributed by atoms with Crippen molar-refractivity contribution >= 4 is 11.8 Å². The second-order valence-electron chi connectivity index (χ2n) is 5.03. The quantitative estimate of drug-likeness (QED) is 0.660. The second-order valence-corrected chi connectivity index (χ2v) is 5.03. The fourth-order valence-corrected chi connectivity index (χ4v) is 1.99. The van der Waals surface area contributed by atoms with Crippen molar-refractivity contribution in [3.8, 4) is 0 Å². The molecule has 0 aromatic rings. The summed E-state index contributed by atoms with van der Waals surface area (Å²) in [4.78, 5) is 25.2. The highest BCUT2D eigenvalue weighted by molar-refractivity contribution is 5.87. The standard InChI is InChI=1S/C14H29N3O2/c1-5-12(9-10-15)7-8-13(18)16-11(3)14(19)17(4)6-2/h11-12H,5-10,15H2,1-4H3,(H,16,18). The molecule has 0 aromatic heterocycles. The lowest BCUT2D eigenvalue weighted by atomic mass is 9.96. The summed E-state index contributed by atoms with van der Waals surface area (Å²) in [6.45, 7) is 7.05. The van der Waals surface area contributed by atoms with E-state index in [0.29, 0.717) is 25.4 Å². The van der Waals surface area contributed by atoms with Gasteiger partial charge in [0.1, 0.15) is 6.04 Å². The van der Waals surface area contributed by atoms with Crippen LogP contribution in [0.25, 0.3) is 0 Å². The molecule has 0 fully saturated rings. The minimum Gasteiger partial charge on any atom is -0.345 e. The molecule has 2 amide bonds. The third-order valence-electron chi connectivity index (χ3n) is 3.53. The minimum absolute atomic E-state index is 0.0511. The van der Waals surface area contributed by atoms with E-state index in [4.69, 9.17) is 5.73 Å². The van der Waals surface area contributed by atoms with Crippen LogP contribution in [0.2, 0.25) is 0 Å². The minimum atomic E-state index is -0.452. The molecule has 0 radical (unpaired) electrons. The lowest BCUT2D eigenvalue weighted by Gasteiger charge is -2.21. The fraction of sp³-hybridized carbons (Fsp3) is 0.857. The van der Waals surface area contributed by atoms with Gasteiger partial charge in [-0.3, -0.25) is 9.59 Å². The molecule has 0 bridgehead atoms. The molecule has 0 saturated heterocycles. The van der Waals surface area contributed by atoms with Crippen LogP contribution in [0.15, 0.2) is 0 Å². The maximum absolute atomic E-state index is 11.8. The molecule has 0 aliphatic rings. The molecule has 0 aliphatic carbocycles. The number of rotatable bonds is 9. The van der Waals surface area contributed by atoms with Gasteiger partial charge in [-0.15, -0.1) is 0 Å². The van der Waals surface area contributed by atoms with E-state index in [-0.39, 0.29) is 11.8 Å². The molecule has 5 nitrogen and oxygen atoms in total. The molecule has 2 atom stereocenters. The summed E-state index contributed by atoms with van der Waals surface area (Å²) in [5.74, 6) is 0.394. The topological polar surface area (TPSA) is 75.4 Å². The number of likely N-dealkylation sites (N-methyl/N-ethyl adjacent to an activating group) is 1. The number of hydrogen-bond acceptors (Lipinski definition) is 3. The average Bonchev–Trinajstić information content (AvgIpc) is 2.41. The van der Waals surface area contributed by atoms with Gasteiger partial charge in [0.15, 0.2) is 0 Å². The molecule has 3 N–H and O–H groups in total. The number of nitrogens with one attached hydrogen (secondary N) is 1. The lowest BCUT2D eigenvalue weighted by molar-refractivity contribution is -0.134. The van der Waals surface area contributed by atoms with Gasteiger partial charge in [0, 0.05) is 20.0 Å². The maximum Gasteiger partial charge on any atom is 0.244 e.